The number of carbonyl (C=O) groups excluding carboxylic acids is 1. The molecule has 0 aliphatic heterocycles. The van der Waals surface area contributed by atoms with E-state index >= 15 is 0 Å². The molecule has 5 heteroatoms. The van der Waals surface area contributed by atoms with Crippen LogP contribution in [0.15, 0.2) is 0 Å². The van der Waals surface area contributed by atoms with Crippen molar-refractivity contribution >= 4 is 12.0 Å². The van der Waals surface area contributed by atoms with E-state index < -0.39 is 5.97 Å². The highest BCUT2D eigenvalue weighted by atomic mass is 16.4. The number of carboxylic acids is 1. The number of carboxylic acid groups (broad SMARTS) is 1. The Morgan fingerprint density at radius 3 is 2.28 bits per heavy atom. The number of amides is 2. The van der Waals surface area contributed by atoms with Gasteiger partial charge in [-0.05, 0) is 25.7 Å². The van der Waals surface area contributed by atoms with E-state index in [1.54, 1.807) is 18.9 Å². The van der Waals surface area contributed by atoms with Crippen LogP contribution in [-0.2, 0) is 4.79 Å². The lowest BCUT2D eigenvalue weighted by Crippen LogP contribution is -2.43. The van der Waals surface area contributed by atoms with Crippen molar-refractivity contribution in [2.75, 3.05) is 13.6 Å². The van der Waals surface area contributed by atoms with E-state index in [1.165, 1.54) is 0 Å². The van der Waals surface area contributed by atoms with Gasteiger partial charge in [-0.15, -0.1) is 0 Å². The molecule has 2 N–H and O–H groups in total. The fourth-order valence-corrected chi connectivity index (χ4v) is 1.85. The van der Waals surface area contributed by atoms with Crippen LogP contribution in [-0.4, -0.2) is 41.6 Å². The number of hydrogen-bond acceptors (Lipinski definition) is 2. The number of carbonyl (C=O) groups is 2. The van der Waals surface area contributed by atoms with E-state index in [9.17, 15) is 9.59 Å². The zero-order chi connectivity index (χ0) is 14.1. The lowest BCUT2D eigenvalue weighted by atomic mass is 10.1. The van der Waals surface area contributed by atoms with Gasteiger partial charge in [-0.3, -0.25) is 4.79 Å². The quantitative estimate of drug-likeness (QED) is 0.656. The molecule has 0 aliphatic rings. The number of hydrogen-bond donors (Lipinski definition) is 2. The third-order valence-electron chi connectivity index (χ3n) is 3.32. The predicted molar refractivity (Wildman–Crippen MR) is 71.6 cm³/mol. The zero-order valence-corrected chi connectivity index (χ0v) is 11.9. The second-order valence-corrected chi connectivity index (χ2v) is 4.69. The molecule has 0 saturated carbocycles. The molecule has 0 radical (unpaired) electrons. The Morgan fingerprint density at radius 2 is 1.83 bits per heavy atom. The summed E-state index contributed by atoms with van der Waals surface area (Å²) >= 11 is 0. The number of nitrogens with zero attached hydrogens (tertiary/aromatic N) is 1. The highest BCUT2D eigenvalue weighted by Crippen LogP contribution is 2.07. The van der Waals surface area contributed by atoms with E-state index in [1.807, 2.05) is 0 Å². The van der Waals surface area contributed by atoms with Gasteiger partial charge < -0.3 is 15.3 Å². The number of urea groups is 1. The summed E-state index contributed by atoms with van der Waals surface area (Å²) in [6.07, 6.45) is 3.16. The lowest BCUT2D eigenvalue weighted by molar-refractivity contribution is -0.141. The monoisotopic (exact) mass is 258 g/mol. The van der Waals surface area contributed by atoms with Gasteiger partial charge in [0.15, 0.2) is 0 Å². The molecule has 0 aromatic rings. The van der Waals surface area contributed by atoms with E-state index in [2.05, 4.69) is 19.2 Å². The zero-order valence-electron chi connectivity index (χ0n) is 11.9. The van der Waals surface area contributed by atoms with Crippen molar-refractivity contribution in [1.82, 2.24) is 10.2 Å². The molecule has 0 spiro atoms. The molecule has 0 saturated heterocycles. The van der Waals surface area contributed by atoms with Gasteiger partial charge in [0.05, 0.1) is 5.92 Å². The first kappa shape index (κ1) is 16.7. The topological polar surface area (TPSA) is 69.6 Å². The second kappa shape index (κ2) is 8.78. The van der Waals surface area contributed by atoms with Crippen LogP contribution in [0.25, 0.3) is 0 Å². The first-order valence-corrected chi connectivity index (χ1v) is 6.67. The standard InChI is InChI=1S/C13H26N2O3/c1-5-11(6-2)15(4)13(18)14-9-7-8-10(3)12(16)17/h10-11H,5-9H2,1-4H3,(H,14,18)(H,16,17). The van der Waals surface area contributed by atoms with Gasteiger partial charge in [0.2, 0.25) is 0 Å². The summed E-state index contributed by atoms with van der Waals surface area (Å²) < 4.78 is 0. The van der Waals surface area contributed by atoms with Crippen molar-refractivity contribution in [3.63, 3.8) is 0 Å². The molecule has 5 nitrogen and oxygen atoms in total. The van der Waals surface area contributed by atoms with E-state index in [4.69, 9.17) is 5.11 Å². The summed E-state index contributed by atoms with van der Waals surface area (Å²) in [5, 5.41) is 11.5. The molecule has 0 fully saturated rings. The van der Waals surface area contributed by atoms with Crippen LogP contribution < -0.4 is 5.32 Å². The fraction of sp³-hybridized carbons (Fsp3) is 0.846. The summed E-state index contributed by atoms with van der Waals surface area (Å²) in [6, 6.07) is 0.189. The maximum absolute atomic E-state index is 11.8. The van der Waals surface area contributed by atoms with Crippen LogP contribution in [0.5, 0.6) is 0 Å². The summed E-state index contributed by atoms with van der Waals surface area (Å²) in [5.74, 6) is -1.13. The van der Waals surface area contributed by atoms with Crippen molar-refractivity contribution in [1.29, 1.82) is 0 Å². The first-order chi connectivity index (χ1) is 8.43. The van der Waals surface area contributed by atoms with E-state index in [-0.39, 0.29) is 18.0 Å². The molecule has 0 aliphatic carbocycles. The van der Waals surface area contributed by atoms with Gasteiger partial charge >= 0.3 is 12.0 Å². The van der Waals surface area contributed by atoms with Crippen LogP contribution in [0, 0.1) is 5.92 Å². The third-order valence-corrected chi connectivity index (χ3v) is 3.32. The van der Waals surface area contributed by atoms with Crippen molar-refractivity contribution in [3.8, 4) is 0 Å². The van der Waals surface area contributed by atoms with Crippen LogP contribution in [0.3, 0.4) is 0 Å². The van der Waals surface area contributed by atoms with Gasteiger partial charge in [0.1, 0.15) is 0 Å². The molecule has 0 heterocycles. The highest BCUT2D eigenvalue weighted by molar-refractivity contribution is 5.74. The van der Waals surface area contributed by atoms with E-state index in [0.717, 1.165) is 12.8 Å². The Labute approximate surface area is 110 Å². The summed E-state index contributed by atoms with van der Waals surface area (Å²) in [6.45, 7) is 6.33. The summed E-state index contributed by atoms with van der Waals surface area (Å²) in [5.41, 5.74) is 0. The SMILES string of the molecule is CCC(CC)N(C)C(=O)NCCCC(C)C(=O)O. The molecule has 1 atom stereocenters. The normalized spacial score (nSPS) is 12.3. The molecule has 1 unspecified atom stereocenters. The molecule has 0 bridgehead atoms. The Morgan fingerprint density at radius 1 is 1.28 bits per heavy atom. The van der Waals surface area contributed by atoms with Gasteiger partial charge in [0, 0.05) is 19.6 Å². The predicted octanol–water partition coefficient (Wildman–Crippen LogP) is 2.32. The number of nitrogens with one attached hydrogen (secondary N) is 1. The van der Waals surface area contributed by atoms with Gasteiger partial charge in [-0.25, -0.2) is 4.79 Å². The minimum Gasteiger partial charge on any atom is -0.481 e. The minimum absolute atomic E-state index is 0.0771. The fourth-order valence-electron chi connectivity index (χ4n) is 1.85. The largest absolute Gasteiger partial charge is 0.481 e. The number of aliphatic carboxylic acids is 1. The van der Waals surface area contributed by atoms with Crippen molar-refractivity contribution < 1.29 is 14.7 Å². The van der Waals surface area contributed by atoms with Gasteiger partial charge in [-0.2, -0.15) is 0 Å². The summed E-state index contributed by atoms with van der Waals surface area (Å²) in [7, 11) is 1.80. The average Bonchev–Trinajstić information content (AvgIpc) is 2.35. The summed E-state index contributed by atoms with van der Waals surface area (Å²) in [4.78, 5) is 24.1. The van der Waals surface area contributed by atoms with Crippen molar-refractivity contribution in [2.45, 2.75) is 52.5 Å². The van der Waals surface area contributed by atoms with Gasteiger partial charge in [-0.1, -0.05) is 20.8 Å². The molecule has 0 aromatic heterocycles. The molecule has 18 heavy (non-hydrogen) atoms. The molecular formula is C13H26N2O3. The van der Waals surface area contributed by atoms with Crippen LogP contribution in [0.4, 0.5) is 4.79 Å². The molecule has 0 rings (SSSR count). The Bertz CT molecular complexity index is 265. The van der Waals surface area contributed by atoms with E-state index in [0.29, 0.717) is 19.4 Å². The molecule has 0 aromatic carbocycles. The maximum Gasteiger partial charge on any atom is 0.317 e. The van der Waals surface area contributed by atoms with Crippen LogP contribution in [0.1, 0.15) is 46.5 Å². The Kier molecular flexibility index (Phi) is 8.16. The lowest BCUT2D eigenvalue weighted by Gasteiger charge is -2.26. The first-order valence-electron chi connectivity index (χ1n) is 6.67. The van der Waals surface area contributed by atoms with Crippen LogP contribution >= 0.6 is 0 Å². The average molecular weight is 258 g/mol. The van der Waals surface area contributed by atoms with Gasteiger partial charge in [0.25, 0.3) is 0 Å². The minimum atomic E-state index is -0.782. The Balaban J connectivity index is 3.86. The molecular weight excluding hydrogens is 232 g/mol. The van der Waals surface area contributed by atoms with Crippen molar-refractivity contribution in [3.05, 3.63) is 0 Å². The molecule has 106 valence electrons. The number of rotatable bonds is 8. The molecule has 2 amide bonds. The second-order valence-electron chi connectivity index (χ2n) is 4.69. The van der Waals surface area contributed by atoms with Crippen molar-refractivity contribution in [2.24, 2.45) is 5.92 Å². The smallest absolute Gasteiger partial charge is 0.317 e. The maximum atomic E-state index is 11.8. The Hall–Kier alpha value is -1.26. The third kappa shape index (κ3) is 5.89. The highest BCUT2D eigenvalue weighted by Gasteiger charge is 2.16. The van der Waals surface area contributed by atoms with Crippen LogP contribution in [0.2, 0.25) is 0 Å².